The molecule has 1 fully saturated rings. The van der Waals surface area contributed by atoms with Crippen LogP contribution in [0.1, 0.15) is 45.3 Å². The van der Waals surface area contributed by atoms with Gasteiger partial charge in [0.1, 0.15) is 23.8 Å². The van der Waals surface area contributed by atoms with Crippen LogP contribution >= 0.6 is 19.6 Å². The van der Waals surface area contributed by atoms with E-state index in [9.17, 15) is 14.8 Å². The van der Waals surface area contributed by atoms with Gasteiger partial charge < -0.3 is 30.5 Å². The van der Waals surface area contributed by atoms with Crippen LogP contribution in [-0.2, 0) is 13.8 Å². The third kappa shape index (κ3) is 6.14. The molecule has 14 heteroatoms. The van der Waals surface area contributed by atoms with Crippen LogP contribution < -0.4 is 5.73 Å². The number of imidazole rings is 1. The minimum Gasteiger partial charge on any atom is -0.387 e. The van der Waals surface area contributed by atoms with Gasteiger partial charge in [-0.25, -0.2) is 19.5 Å². The Labute approximate surface area is 183 Å². The van der Waals surface area contributed by atoms with Gasteiger partial charge in [0.15, 0.2) is 22.8 Å². The molecule has 3 heterocycles. The number of phosphoric acid groups is 1. The summed E-state index contributed by atoms with van der Waals surface area (Å²) in [6.07, 6.45) is 2.06. The van der Waals surface area contributed by atoms with Crippen LogP contribution in [0.5, 0.6) is 0 Å². The Bertz CT molecular complexity index is 926. The van der Waals surface area contributed by atoms with Gasteiger partial charge in [0.25, 0.3) is 0 Å². The Morgan fingerprint density at radius 1 is 1.23 bits per heavy atom. The van der Waals surface area contributed by atoms with Crippen molar-refractivity contribution < 1.29 is 33.8 Å². The van der Waals surface area contributed by atoms with E-state index in [1.165, 1.54) is 41.9 Å². The molecule has 174 valence electrons. The third-order valence-electron chi connectivity index (χ3n) is 4.93. The summed E-state index contributed by atoms with van der Waals surface area (Å²) in [6, 6.07) is 0. The molecule has 0 aliphatic carbocycles. The maximum absolute atomic E-state index is 10.9. The first-order valence-corrected chi connectivity index (χ1v) is 12.6. The van der Waals surface area contributed by atoms with Crippen molar-refractivity contribution in [2.75, 3.05) is 18.1 Å². The minimum atomic E-state index is -4.75. The van der Waals surface area contributed by atoms with E-state index in [2.05, 4.69) is 26.4 Å². The van der Waals surface area contributed by atoms with E-state index < -0.39 is 39.0 Å². The van der Waals surface area contributed by atoms with Crippen LogP contribution in [-0.4, -0.2) is 70.2 Å². The molecule has 0 amide bonds. The highest BCUT2D eigenvalue weighted by molar-refractivity contribution is 7.99. The predicted molar refractivity (Wildman–Crippen MR) is 113 cm³/mol. The zero-order valence-corrected chi connectivity index (χ0v) is 18.8. The number of unbranched alkanes of at least 4 members (excludes halogenated alkanes) is 4. The minimum absolute atomic E-state index is 0.187. The number of hydrogen-bond acceptors (Lipinski definition) is 10. The Morgan fingerprint density at radius 2 is 1.97 bits per heavy atom. The highest BCUT2D eigenvalue weighted by Gasteiger charge is 2.45. The van der Waals surface area contributed by atoms with E-state index in [0.29, 0.717) is 16.3 Å². The van der Waals surface area contributed by atoms with Crippen molar-refractivity contribution in [3.05, 3.63) is 6.33 Å². The molecule has 0 spiro atoms. The second-order valence-corrected chi connectivity index (χ2v) is 9.61. The molecule has 6 N–H and O–H groups in total. The molecular weight excluding hydrogens is 449 g/mol. The largest absolute Gasteiger partial charge is 0.469 e. The van der Waals surface area contributed by atoms with E-state index in [1.807, 2.05) is 0 Å². The Balaban J connectivity index is 1.73. The molecule has 31 heavy (non-hydrogen) atoms. The topological polar surface area (TPSA) is 186 Å². The number of thioether (sulfide) groups is 1. The van der Waals surface area contributed by atoms with Gasteiger partial charge in [-0.05, 0) is 6.42 Å². The fourth-order valence-corrected chi connectivity index (χ4v) is 4.49. The van der Waals surface area contributed by atoms with Gasteiger partial charge in [-0.2, -0.15) is 0 Å². The second-order valence-electron chi connectivity index (χ2n) is 7.31. The van der Waals surface area contributed by atoms with E-state index in [1.54, 1.807) is 0 Å². The van der Waals surface area contributed by atoms with Crippen LogP contribution in [0, 0.1) is 0 Å². The van der Waals surface area contributed by atoms with Crippen LogP contribution in [0.4, 0.5) is 5.82 Å². The van der Waals surface area contributed by atoms with Gasteiger partial charge in [-0.1, -0.05) is 44.4 Å². The first-order chi connectivity index (χ1) is 14.7. The van der Waals surface area contributed by atoms with Crippen molar-refractivity contribution in [1.82, 2.24) is 19.5 Å². The first kappa shape index (κ1) is 24.3. The second kappa shape index (κ2) is 10.5. The number of aliphatic hydroxyl groups is 2. The maximum atomic E-state index is 10.9. The molecule has 0 saturated carbocycles. The number of nitrogens with zero attached hydrogens (tertiary/aromatic N) is 4. The van der Waals surface area contributed by atoms with Gasteiger partial charge in [0.05, 0.1) is 12.9 Å². The standard InChI is InChI=1S/C17H28N5O7PS/c1-2-3-4-5-6-7-31-17-20-14(18)11-15(21-17)22(9-19-11)16-13(24)12(23)10(29-16)8-28-30(25,26)27/h9-10,12-13,16,23-24H,2-8H2,1H3,(H2,18,20,21)(H2,25,26,27)/t10-,12-,13-,16-/m1/s1. The van der Waals surface area contributed by atoms with Gasteiger partial charge in [0, 0.05) is 5.75 Å². The normalized spacial score (nSPS) is 24.3. The average molecular weight is 477 g/mol. The van der Waals surface area contributed by atoms with Gasteiger partial charge in [-0.15, -0.1) is 0 Å². The summed E-state index contributed by atoms with van der Waals surface area (Å²) in [4.78, 5) is 30.7. The zero-order chi connectivity index (χ0) is 22.6. The van der Waals surface area contributed by atoms with Crippen molar-refractivity contribution in [2.24, 2.45) is 0 Å². The summed E-state index contributed by atoms with van der Waals surface area (Å²) in [5.41, 5.74) is 6.68. The molecule has 4 atom stereocenters. The lowest BCUT2D eigenvalue weighted by atomic mass is 10.1. The number of hydrogen-bond donors (Lipinski definition) is 5. The summed E-state index contributed by atoms with van der Waals surface area (Å²) in [5.74, 6) is 1.03. The molecule has 0 aromatic carbocycles. The smallest absolute Gasteiger partial charge is 0.387 e. The fourth-order valence-electron chi connectivity index (χ4n) is 3.30. The zero-order valence-electron chi connectivity index (χ0n) is 17.1. The average Bonchev–Trinajstić information content (AvgIpc) is 3.24. The van der Waals surface area contributed by atoms with Crippen molar-refractivity contribution >= 4 is 36.6 Å². The number of nitrogens with two attached hydrogens (primary N) is 1. The quantitative estimate of drug-likeness (QED) is 0.135. The predicted octanol–water partition coefficient (Wildman–Crippen LogP) is 1.20. The van der Waals surface area contributed by atoms with Crippen molar-refractivity contribution in [2.45, 2.75) is 68.7 Å². The molecular formula is C17H28N5O7PS. The number of nitrogen functional groups attached to an aromatic ring is 1. The number of phosphoric ester groups is 1. The third-order valence-corrected chi connectivity index (χ3v) is 6.34. The summed E-state index contributed by atoms with van der Waals surface area (Å²) in [5, 5.41) is 21.1. The molecule has 1 aliphatic heterocycles. The number of rotatable bonds is 11. The number of fused-ring (bicyclic) bond motifs is 1. The lowest BCUT2D eigenvalue weighted by molar-refractivity contribution is -0.0504. The number of ether oxygens (including phenoxy) is 1. The van der Waals surface area contributed by atoms with Crippen LogP contribution in [0.2, 0.25) is 0 Å². The van der Waals surface area contributed by atoms with Gasteiger partial charge in [0.2, 0.25) is 0 Å². The summed E-state index contributed by atoms with van der Waals surface area (Å²) < 4.78 is 22.3. The molecule has 12 nitrogen and oxygen atoms in total. The first-order valence-electron chi connectivity index (χ1n) is 10.1. The summed E-state index contributed by atoms with van der Waals surface area (Å²) >= 11 is 1.47. The SMILES string of the molecule is CCCCCCCSc1nc(N)c2ncn([C@@H]3O[C@H](COP(=O)(O)O)[C@@H](O)[C@H]3O)c2n1. The molecule has 1 saturated heterocycles. The van der Waals surface area contributed by atoms with Crippen molar-refractivity contribution in [1.29, 1.82) is 0 Å². The van der Waals surface area contributed by atoms with E-state index in [4.69, 9.17) is 20.3 Å². The molecule has 0 radical (unpaired) electrons. The number of aliphatic hydroxyl groups excluding tert-OH is 2. The van der Waals surface area contributed by atoms with Gasteiger partial charge >= 0.3 is 7.82 Å². The Hall–Kier alpha value is -1.31. The summed E-state index contributed by atoms with van der Waals surface area (Å²) in [6.45, 7) is 1.57. The molecule has 3 rings (SSSR count). The highest BCUT2D eigenvalue weighted by atomic mass is 32.2. The molecule has 0 bridgehead atoms. The fraction of sp³-hybridized carbons (Fsp3) is 0.706. The Morgan fingerprint density at radius 3 is 2.68 bits per heavy atom. The monoisotopic (exact) mass is 477 g/mol. The Kier molecular flexibility index (Phi) is 8.27. The van der Waals surface area contributed by atoms with Crippen molar-refractivity contribution in [3.63, 3.8) is 0 Å². The van der Waals surface area contributed by atoms with Crippen LogP contribution in [0.3, 0.4) is 0 Å². The lowest BCUT2D eigenvalue weighted by Crippen LogP contribution is -2.33. The number of anilines is 1. The molecule has 1 aliphatic rings. The molecule has 2 aromatic heterocycles. The van der Waals surface area contributed by atoms with E-state index >= 15 is 0 Å². The maximum Gasteiger partial charge on any atom is 0.469 e. The summed E-state index contributed by atoms with van der Waals surface area (Å²) in [7, 11) is -4.75. The van der Waals surface area contributed by atoms with Crippen LogP contribution in [0.15, 0.2) is 11.5 Å². The van der Waals surface area contributed by atoms with Crippen LogP contribution in [0.25, 0.3) is 11.2 Å². The van der Waals surface area contributed by atoms with E-state index in [-0.39, 0.29) is 5.82 Å². The van der Waals surface area contributed by atoms with E-state index in [0.717, 1.165) is 18.6 Å². The van der Waals surface area contributed by atoms with Crippen molar-refractivity contribution in [3.8, 4) is 0 Å². The lowest BCUT2D eigenvalue weighted by Gasteiger charge is -2.17. The molecule has 0 unspecified atom stereocenters. The number of aromatic nitrogens is 4. The van der Waals surface area contributed by atoms with Gasteiger partial charge in [-0.3, -0.25) is 9.09 Å². The highest BCUT2D eigenvalue weighted by Crippen LogP contribution is 2.39. The molecule has 2 aromatic rings.